The second-order valence-electron chi connectivity index (χ2n) is 8.83. The van der Waals surface area contributed by atoms with Gasteiger partial charge in [-0.1, -0.05) is 59.6 Å². The maximum atomic E-state index is 13.8. The smallest absolute Gasteiger partial charge is 0.264 e. The van der Waals surface area contributed by atoms with Crippen molar-refractivity contribution in [3.63, 3.8) is 0 Å². The Hall–Kier alpha value is -3.36. The third kappa shape index (κ3) is 6.90. The number of hydrogen-bond acceptors (Lipinski definition) is 4. The highest BCUT2D eigenvalue weighted by molar-refractivity contribution is 7.92. The summed E-state index contributed by atoms with van der Waals surface area (Å²) in [4.78, 5) is 28.0. The minimum Gasteiger partial charge on any atom is -0.355 e. The second-order valence-corrected chi connectivity index (χ2v) is 11.1. The van der Waals surface area contributed by atoms with Crippen LogP contribution in [0.15, 0.2) is 77.7 Å². The Morgan fingerprint density at radius 1 is 0.973 bits per heavy atom. The van der Waals surface area contributed by atoms with E-state index in [0.29, 0.717) is 22.8 Å². The molecule has 9 heteroatoms. The minimum absolute atomic E-state index is 0.0762. The highest BCUT2D eigenvalue weighted by atomic mass is 35.5. The van der Waals surface area contributed by atoms with Gasteiger partial charge in [-0.05, 0) is 69.2 Å². The SMILES string of the molecule is CCNC(=O)[C@H](C)N(Cc1cccc(Cl)c1)C(=O)CN(c1ccccc1C)S(=O)(=O)c1ccc(C)cc1. The van der Waals surface area contributed by atoms with E-state index in [1.54, 1.807) is 81.4 Å². The molecule has 0 spiro atoms. The van der Waals surface area contributed by atoms with Crippen LogP contribution < -0.4 is 9.62 Å². The van der Waals surface area contributed by atoms with Crippen LogP contribution in [0, 0.1) is 13.8 Å². The lowest BCUT2D eigenvalue weighted by Gasteiger charge is -2.32. The zero-order valence-electron chi connectivity index (χ0n) is 21.4. The van der Waals surface area contributed by atoms with Crippen LogP contribution in [0.3, 0.4) is 0 Å². The molecule has 3 aromatic carbocycles. The van der Waals surface area contributed by atoms with Gasteiger partial charge in [-0.25, -0.2) is 8.42 Å². The summed E-state index contributed by atoms with van der Waals surface area (Å²) in [5.41, 5.74) is 2.73. The molecule has 0 heterocycles. The summed E-state index contributed by atoms with van der Waals surface area (Å²) in [5.74, 6) is -0.848. The highest BCUT2D eigenvalue weighted by Crippen LogP contribution is 2.27. The van der Waals surface area contributed by atoms with Gasteiger partial charge in [0.15, 0.2) is 0 Å². The van der Waals surface area contributed by atoms with E-state index in [1.165, 1.54) is 17.0 Å². The molecule has 3 rings (SSSR count). The van der Waals surface area contributed by atoms with Gasteiger partial charge >= 0.3 is 0 Å². The first-order chi connectivity index (χ1) is 17.5. The van der Waals surface area contributed by atoms with Crippen LogP contribution in [0.1, 0.15) is 30.5 Å². The Morgan fingerprint density at radius 3 is 2.27 bits per heavy atom. The van der Waals surface area contributed by atoms with Crippen molar-refractivity contribution in [3.05, 3.63) is 94.5 Å². The molecule has 196 valence electrons. The number of amides is 2. The van der Waals surface area contributed by atoms with Gasteiger partial charge in [0.2, 0.25) is 11.8 Å². The summed E-state index contributed by atoms with van der Waals surface area (Å²) in [7, 11) is -4.09. The number of hydrogen-bond donors (Lipinski definition) is 1. The average Bonchev–Trinajstić information content (AvgIpc) is 2.86. The predicted molar refractivity (Wildman–Crippen MR) is 147 cm³/mol. The average molecular weight is 542 g/mol. The predicted octanol–water partition coefficient (Wildman–Crippen LogP) is 4.71. The van der Waals surface area contributed by atoms with Crippen LogP contribution in [0.5, 0.6) is 0 Å². The molecule has 0 saturated carbocycles. The third-order valence-electron chi connectivity index (χ3n) is 6.03. The number of aryl methyl sites for hydroxylation is 2. The number of para-hydroxylation sites is 1. The zero-order chi connectivity index (χ0) is 27.2. The molecule has 0 fully saturated rings. The van der Waals surface area contributed by atoms with Crippen molar-refractivity contribution in [1.29, 1.82) is 0 Å². The molecule has 0 aliphatic carbocycles. The van der Waals surface area contributed by atoms with Crippen molar-refractivity contribution in [1.82, 2.24) is 10.2 Å². The Kier molecular flexibility index (Phi) is 9.34. The summed E-state index contributed by atoms with van der Waals surface area (Å²) in [6.07, 6.45) is 0. The lowest BCUT2D eigenvalue weighted by molar-refractivity contribution is -0.139. The lowest BCUT2D eigenvalue weighted by atomic mass is 10.1. The van der Waals surface area contributed by atoms with E-state index in [1.807, 2.05) is 6.92 Å². The summed E-state index contributed by atoms with van der Waals surface area (Å²) >= 11 is 6.15. The highest BCUT2D eigenvalue weighted by Gasteiger charge is 2.33. The van der Waals surface area contributed by atoms with Crippen LogP contribution in [0.2, 0.25) is 5.02 Å². The molecule has 7 nitrogen and oxygen atoms in total. The first kappa shape index (κ1) is 28.2. The number of benzene rings is 3. The Bertz CT molecular complexity index is 1360. The number of rotatable bonds is 10. The largest absolute Gasteiger partial charge is 0.355 e. The van der Waals surface area contributed by atoms with Gasteiger partial charge in [-0.15, -0.1) is 0 Å². The molecule has 1 atom stereocenters. The number of carbonyl (C=O) groups is 2. The van der Waals surface area contributed by atoms with Gasteiger partial charge in [0.1, 0.15) is 12.6 Å². The number of carbonyl (C=O) groups excluding carboxylic acids is 2. The summed E-state index contributed by atoms with van der Waals surface area (Å²) in [6.45, 7) is 7.09. The van der Waals surface area contributed by atoms with Gasteiger partial charge in [0.25, 0.3) is 10.0 Å². The van der Waals surface area contributed by atoms with E-state index in [9.17, 15) is 18.0 Å². The Labute approximate surface area is 224 Å². The molecule has 37 heavy (non-hydrogen) atoms. The molecule has 0 bridgehead atoms. The van der Waals surface area contributed by atoms with E-state index in [-0.39, 0.29) is 17.3 Å². The van der Waals surface area contributed by atoms with E-state index in [2.05, 4.69) is 5.32 Å². The van der Waals surface area contributed by atoms with E-state index >= 15 is 0 Å². The second kappa shape index (κ2) is 12.3. The number of halogens is 1. The first-order valence-corrected chi connectivity index (χ1v) is 13.8. The number of nitrogens with one attached hydrogen (secondary N) is 1. The quantitative estimate of drug-likeness (QED) is 0.403. The lowest BCUT2D eigenvalue weighted by Crippen LogP contribution is -2.51. The van der Waals surface area contributed by atoms with E-state index < -0.39 is 28.5 Å². The molecule has 1 N–H and O–H groups in total. The topological polar surface area (TPSA) is 86.8 Å². The Morgan fingerprint density at radius 2 is 1.65 bits per heavy atom. The van der Waals surface area contributed by atoms with Crippen molar-refractivity contribution in [2.24, 2.45) is 0 Å². The van der Waals surface area contributed by atoms with Crippen molar-refractivity contribution in [2.45, 2.75) is 45.2 Å². The monoisotopic (exact) mass is 541 g/mol. The van der Waals surface area contributed by atoms with Gasteiger partial charge < -0.3 is 10.2 Å². The molecule has 0 saturated heterocycles. The summed E-state index contributed by atoms with van der Waals surface area (Å²) in [5, 5.41) is 3.24. The number of nitrogens with zero attached hydrogens (tertiary/aromatic N) is 2. The normalized spacial score (nSPS) is 12.0. The van der Waals surface area contributed by atoms with Crippen LogP contribution in [0.4, 0.5) is 5.69 Å². The van der Waals surface area contributed by atoms with Crippen LogP contribution in [-0.4, -0.2) is 44.3 Å². The maximum Gasteiger partial charge on any atom is 0.264 e. The number of sulfonamides is 1. The van der Waals surface area contributed by atoms with Crippen molar-refractivity contribution in [2.75, 3.05) is 17.4 Å². The summed E-state index contributed by atoms with van der Waals surface area (Å²) < 4.78 is 28.8. The first-order valence-electron chi connectivity index (χ1n) is 12.0. The van der Waals surface area contributed by atoms with Gasteiger partial charge in [-0.3, -0.25) is 13.9 Å². The molecule has 3 aromatic rings. The zero-order valence-corrected chi connectivity index (χ0v) is 23.0. The van der Waals surface area contributed by atoms with E-state index in [4.69, 9.17) is 11.6 Å². The van der Waals surface area contributed by atoms with Gasteiger partial charge in [0.05, 0.1) is 10.6 Å². The molecule has 0 radical (unpaired) electrons. The number of likely N-dealkylation sites (N-methyl/N-ethyl adjacent to an activating group) is 1. The Balaban J connectivity index is 2.04. The standard InChI is InChI=1S/C28H32ClN3O4S/c1-5-30-28(34)22(4)31(18-23-10-8-11-24(29)17-23)27(33)19-32(26-12-7-6-9-21(26)3)37(35,36)25-15-13-20(2)14-16-25/h6-17,22H,5,18-19H2,1-4H3,(H,30,34)/t22-/m0/s1. The van der Waals surface area contributed by atoms with Crippen LogP contribution in [-0.2, 0) is 26.2 Å². The van der Waals surface area contributed by atoms with Gasteiger partial charge in [0, 0.05) is 18.1 Å². The fraction of sp³-hybridized carbons (Fsp3) is 0.286. The molecule has 0 aromatic heterocycles. The third-order valence-corrected chi connectivity index (χ3v) is 8.04. The fourth-order valence-corrected chi connectivity index (χ4v) is 5.62. The molecule has 2 amide bonds. The van der Waals surface area contributed by atoms with E-state index in [0.717, 1.165) is 15.4 Å². The molecular formula is C28H32ClN3O4S. The molecular weight excluding hydrogens is 510 g/mol. The fourth-order valence-electron chi connectivity index (χ4n) is 3.93. The van der Waals surface area contributed by atoms with Crippen molar-refractivity contribution >= 4 is 39.1 Å². The summed E-state index contributed by atoms with van der Waals surface area (Å²) in [6, 6.07) is 19.6. The molecule has 0 unspecified atom stereocenters. The minimum atomic E-state index is -4.09. The van der Waals surface area contributed by atoms with Crippen molar-refractivity contribution in [3.8, 4) is 0 Å². The maximum absolute atomic E-state index is 13.8. The van der Waals surface area contributed by atoms with Crippen LogP contribution in [0.25, 0.3) is 0 Å². The molecule has 0 aliphatic rings. The number of anilines is 1. The van der Waals surface area contributed by atoms with Crippen LogP contribution >= 0.6 is 11.6 Å². The van der Waals surface area contributed by atoms with Gasteiger partial charge in [-0.2, -0.15) is 0 Å². The van der Waals surface area contributed by atoms with Crippen molar-refractivity contribution < 1.29 is 18.0 Å². The molecule has 0 aliphatic heterocycles.